The molecule has 3 amide bonds. The van der Waals surface area contributed by atoms with Crippen LogP contribution in [0.15, 0.2) is 125 Å². The smallest absolute Gasteiger partial charge is 0.281 e. The second-order valence-corrected chi connectivity index (χ2v) is 17.9. The Kier molecular flexibility index (Phi) is 10.6. The van der Waals surface area contributed by atoms with Crippen LogP contribution >= 0.6 is 0 Å². The highest BCUT2D eigenvalue weighted by atomic mass is 16.3. The van der Waals surface area contributed by atoms with Crippen molar-refractivity contribution in [1.82, 2.24) is 4.90 Å². The number of allylic oxidation sites excluding steroid dienone is 2. The fourth-order valence-corrected chi connectivity index (χ4v) is 10.5. The first-order valence-electron chi connectivity index (χ1n) is 22.5. The number of phenols is 1. The zero-order chi connectivity index (χ0) is 47.0. The lowest BCUT2D eigenvalue weighted by atomic mass is 9.78. The van der Waals surface area contributed by atoms with Crippen LogP contribution in [0.4, 0.5) is 11.4 Å². The van der Waals surface area contributed by atoms with Gasteiger partial charge in [-0.3, -0.25) is 33.7 Å². The predicted molar refractivity (Wildman–Crippen MR) is 257 cm³/mol. The Balaban J connectivity index is 0.894. The van der Waals surface area contributed by atoms with Crippen LogP contribution in [-0.2, 0) is 9.59 Å². The van der Waals surface area contributed by atoms with Gasteiger partial charge in [-0.2, -0.15) is 10.1 Å². The molecule has 0 spiro atoms. The summed E-state index contributed by atoms with van der Waals surface area (Å²) >= 11 is 0. The maximum atomic E-state index is 13.9. The standard InChI is InChI=1S/C55H46N4O8/c1-29-26-30(2)48(31(3)27-29)59-55(67)43(32(4)56-59)47-51(63)46(52(47)64)36-22-21-35(28-42(36)60)57(24-11-20-41-49(61)37-16-7-12-33-13-8-17-38(44(33)37)50(41)62)23-5-6-25-58-53(65)39-18-9-14-34-15-10-19-40(45(34)39)54(58)66/h7-10,12-19,21-22,26-28,41,60,63H,5-6,11,20,23-25H2,1-4H3/b47-43+. The fourth-order valence-electron chi connectivity index (χ4n) is 10.5. The van der Waals surface area contributed by atoms with Crippen molar-refractivity contribution >= 4 is 79.3 Å². The summed E-state index contributed by atoms with van der Waals surface area (Å²) in [6.07, 6.45) is 1.70. The Hall–Kier alpha value is -7.99. The van der Waals surface area contributed by atoms with E-state index in [-0.39, 0.29) is 70.1 Å². The number of hydrogen-bond donors (Lipinski definition) is 2. The summed E-state index contributed by atoms with van der Waals surface area (Å²) in [6.45, 7) is 8.30. The molecule has 0 aromatic heterocycles. The summed E-state index contributed by atoms with van der Waals surface area (Å²) in [4.78, 5) is 85.8. The minimum absolute atomic E-state index is 0.00257. The molecule has 12 heteroatoms. The number of aryl methyl sites for hydroxylation is 3. The van der Waals surface area contributed by atoms with E-state index in [0.29, 0.717) is 76.8 Å². The van der Waals surface area contributed by atoms with Crippen LogP contribution in [0.1, 0.15) is 96.3 Å². The molecular weight excluding hydrogens is 845 g/mol. The lowest BCUT2D eigenvalue weighted by Crippen LogP contribution is -2.41. The molecule has 0 saturated heterocycles. The van der Waals surface area contributed by atoms with E-state index in [9.17, 15) is 39.0 Å². The summed E-state index contributed by atoms with van der Waals surface area (Å²) in [7, 11) is 0. The summed E-state index contributed by atoms with van der Waals surface area (Å²) in [6, 6.07) is 30.5. The van der Waals surface area contributed by atoms with Crippen LogP contribution in [0.2, 0.25) is 0 Å². The molecule has 6 aromatic rings. The molecule has 0 bridgehead atoms. The number of carbonyl (C=O) groups is 6. The van der Waals surface area contributed by atoms with E-state index in [0.717, 1.165) is 27.5 Å². The number of nitrogens with zero attached hydrogens (tertiary/aromatic N) is 4. The largest absolute Gasteiger partial charge is 0.507 e. The van der Waals surface area contributed by atoms with Crippen molar-refractivity contribution in [1.29, 1.82) is 0 Å². The quantitative estimate of drug-likeness (QED) is 0.0527. The van der Waals surface area contributed by atoms with Crippen molar-refractivity contribution in [3.63, 3.8) is 0 Å². The number of aliphatic hydroxyl groups excluding tert-OH is 1. The monoisotopic (exact) mass is 890 g/mol. The maximum absolute atomic E-state index is 13.9. The van der Waals surface area contributed by atoms with Crippen molar-refractivity contribution in [2.45, 2.75) is 53.4 Å². The Bertz CT molecular complexity index is 3220. The van der Waals surface area contributed by atoms with Gasteiger partial charge in [0.2, 0.25) is 5.78 Å². The number of phenolic OH excluding ortho intramolecular Hbond substituents is 1. The zero-order valence-electron chi connectivity index (χ0n) is 37.5. The number of Topliss-reactive ketones (excluding diaryl/α,β-unsaturated/α-hetero) is 3. The number of unbranched alkanes of at least 4 members (excludes halogenated alkanes) is 1. The summed E-state index contributed by atoms with van der Waals surface area (Å²) < 4.78 is 0. The van der Waals surface area contributed by atoms with E-state index in [1.54, 1.807) is 43.3 Å². The van der Waals surface area contributed by atoms with Gasteiger partial charge < -0.3 is 15.1 Å². The highest BCUT2D eigenvalue weighted by Gasteiger charge is 2.44. The number of ketones is 3. The number of anilines is 2. The van der Waals surface area contributed by atoms with Crippen LogP contribution in [0.3, 0.4) is 0 Å². The van der Waals surface area contributed by atoms with E-state index in [1.165, 1.54) is 16.0 Å². The SMILES string of the molecule is CC1=NN(c2c(C)cc(C)cc2C)C(=O)/C1=C1/C(=O)C(c2ccc(N(CCCCN3C(=O)c4cccc5cccc(c45)C3=O)CCCC3C(=O)c4cccc5cccc(c45)C3=O)cc2O)=C1O. The number of hydrazone groups is 1. The number of amides is 3. The van der Waals surface area contributed by atoms with Gasteiger partial charge >= 0.3 is 0 Å². The van der Waals surface area contributed by atoms with Crippen molar-refractivity contribution in [3.05, 3.63) is 165 Å². The first-order valence-corrected chi connectivity index (χ1v) is 22.5. The minimum atomic E-state index is -0.859. The average molecular weight is 891 g/mol. The molecule has 2 aliphatic carbocycles. The van der Waals surface area contributed by atoms with Crippen molar-refractivity contribution in [2.75, 3.05) is 29.5 Å². The van der Waals surface area contributed by atoms with Gasteiger partial charge in [0.1, 0.15) is 11.5 Å². The topological polar surface area (TPSA) is 165 Å². The predicted octanol–water partition coefficient (Wildman–Crippen LogP) is 9.55. The second-order valence-electron chi connectivity index (χ2n) is 17.9. The second kappa shape index (κ2) is 16.5. The van der Waals surface area contributed by atoms with Crippen LogP contribution in [0.25, 0.3) is 27.1 Å². The van der Waals surface area contributed by atoms with Gasteiger partial charge in [0.25, 0.3) is 17.7 Å². The molecule has 12 nitrogen and oxygen atoms in total. The van der Waals surface area contributed by atoms with Crippen molar-refractivity contribution in [3.8, 4) is 5.75 Å². The highest BCUT2D eigenvalue weighted by Crippen LogP contribution is 2.44. The van der Waals surface area contributed by atoms with E-state index < -0.39 is 23.4 Å². The molecular formula is C55H46N4O8. The lowest BCUT2D eigenvalue weighted by Gasteiger charge is -2.29. The van der Waals surface area contributed by atoms with Gasteiger partial charge in [0.05, 0.1) is 34.0 Å². The van der Waals surface area contributed by atoms with Gasteiger partial charge in [-0.1, -0.05) is 78.4 Å². The summed E-state index contributed by atoms with van der Waals surface area (Å²) in [5.41, 5.74) is 5.99. The number of rotatable bonds is 12. The third-order valence-corrected chi connectivity index (χ3v) is 13.6. The van der Waals surface area contributed by atoms with Gasteiger partial charge in [-0.05, 0) is 99.5 Å². The van der Waals surface area contributed by atoms with E-state index in [1.807, 2.05) is 86.3 Å². The molecule has 0 atom stereocenters. The molecule has 2 heterocycles. The van der Waals surface area contributed by atoms with Gasteiger partial charge in [-0.25, -0.2) is 0 Å². The van der Waals surface area contributed by atoms with Crippen molar-refractivity contribution < 1.29 is 39.0 Å². The Morgan fingerprint density at radius 3 is 1.70 bits per heavy atom. The molecule has 2 N–H and O–H groups in total. The van der Waals surface area contributed by atoms with Gasteiger partial charge in [0.15, 0.2) is 11.6 Å². The number of hydrogen-bond acceptors (Lipinski definition) is 10. The Morgan fingerprint density at radius 1 is 0.582 bits per heavy atom. The number of carbonyl (C=O) groups excluding carboxylic acids is 6. The van der Waals surface area contributed by atoms with Gasteiger partial charge in [-0.15, -0.1) is 0 Å². The first kappa shape index (κ1) is 42.9. The van der Waals surface area contributed by atoms with Crippen LogP contribution in [0.5, 0.6) is 5.75 Å². The molecule has 10 rings (SSSR count). The number of aromatic hydroxyl groups is 1. The highest BCUT2D eigenvalue weighted by molar-refractivity contribution is 6.45. The molecule has 2 aliphatic heterocycles. The van der Waals surface area contributed by atoms with Crippen LogP contribution in [-0.4, -0.2) is 75.5 Å². The minimum Gasteiger partial charge on any atom is -0.507 e. The van der Waals surface area contributed by atoms with E-state index >= 15 is 0 Å². The zero-order valence-corrected chi connectivity index (χ0v) is 37.5. The Morgan fingerprint density at radius 2 is 1.13 bits per heavy atom. The van der Waals surface area contributed by atoms with Crippen LogP contribution < -0.4 is 9.91 Å². The van der Waals surface area contributed by atoms with Gasteiger partial charge in [0, 0.05) is 70.0 Å². The Labute approximate surface area is 386 Å². The molecule has 0 radical (unpaired) electrons. The lowest BCUT2D eigenvalue weighted by molar-refractivity contribution is -0.115. The molecule has 6 aromatic carbocycles. The summed E-state index contributed by atoms with van der Waals surface area (Å²) in [5, 5.41) is 31.7. The van der Waals surface area contributed by atoms with Crippen molar-refractivity contribution in [2.24, 2.45) is 11.0 Å². The molecule has 0 saturated carbocycles. The molecule has 0 fully saturated rings. The van der Waals surface area contributed by atoms with Crippen LogP contribution in [0, 0.1) is 26.7 Å². The first-order chi connectivity index (χ1) is 32.2. The molecule has 334 valence electrons. The number of benzene rings is 6. The van der Waals surface area contributed by atoms with E-state index in [2.05, 4.69) is 5.10 Å². The maximum Gasteiger partial charge on any atom is 0.281 e. The fraction of sp³-hybridized carbons (Fsp3) is 0.218. The normalized spacial score (nSPS) is 17.1. The van der Waals surface area contributed by atoms with E-state index in [4.69, 9.17) is 0 Å². The number of aliphatic hydroxyl groups is 1. The third kappa shape index (κ3) is 6.93. The molecule has 4 aliphatic rings. The molecule has 67 heavy (non-hydrogen) atoms. The third-order valence-electron chi connectivity index (χ3n) is 13.6. The summed E-state index contributed by atoms with van der Waals surface area (Å²) in [5.74, 6) is -3.81. The average Bonchev–Trinajstić information content (AvgIpc) is 3.58. The number of imide groups is 1. The molecule has 0 unspecified atom stereocenters.